The lowest BCUT2D eigenvalue weighted by molar-refractivity contribution is -0.120. The van der Waals surface area contributed by atoms with Crippen molar-refractivity contribution in [3.63, 3.8) is 0 Å². The van der Waals surface area contributed by atoms with E-state index in [0.717, 1.165) is 62.9 Å². The highest BCUT2D eigenvalue weighted by atomic mass is 16.2. The summed E-state index contributed by atoms with van der Waals surface area (Å²) >= 11 is 0. The molecule has 1 atom stereocenters. The molecule has 0 spiro atoms. The van der Waals surface area contributed by atoms with Gasteiger partial charge >= 0.3 is 0 Å². The molecule has 0 N–H and O–H groups in total. The van der Waals surface area contributed by atoms with Gasteiger partial charge in [-0.3, -0.25) is 14.6 Å². The number of hydrogen-bond donors (Lipinski definition) is 0. The van der Waals surface area contributed by atoms with E-state index in [1.807, 2.05) is 29.3 Å². The van der Waals surface area contributed by atoms with Crippen molar-refractivity contribution in [3.05, 3.63) is 54.2 Å². The van der Waals surface area contributed by atoms with Crippen LogP contribution < -0.4 is 9.80 Å². The number of piperidine rings is 1. The minimum Gasteiger partial charge on any atom is -0.354 e. The van der Waals surface area contributed by atoms with E-state index in [1.165, 1.54) is 12.8 Å². The molecule has 1 aromatic carbocycles. The lowest BCUT2D eigenvalue weighted by Gasteiger charge is -2.39. The molecule has 1 unspecified atom stereocenters. The van der Waals surface area contributed by atoms with E-state index >= 15 is 0 Å². The minimum atomic E-state index is 0.214. The van der Waals surface area contributed by atoms with Gasteiger partial charge in [0.05, 0.1) is 6.54 Å². The van der Waals surface area contributed by atoms with Crippen LogP contribution in [0.25, 0.3) is 0 Å². The topological polar surface area (TPSA) is 42.9 Å². The van der Waals surface area contributed by atoms with Gasteiger partial charge in [0, 0.05) is 57.7 Å². The fraction of sp³-hybridized carbons (Fsp3) is 0.538. The molecular weight excluding hydrogens is 398 g/mol. The van der Waals surface area contributed by atoms with Crippen LogP contribution in [0.4, 0.5) is 11.5 Å². The van der Waals surface area contributed by atoms with E-state index in [-0.39, 0.29) is 5.91 Å². The SMILES string of the molecule is CCN(C(=O)CN1CCCC(CN2CCN(c3ccccn3)CC2)C1)c1ccccc1C. The molecule has 3 heterocycles. The molecule has 1 amide bonds. The maximum Gasteiger partial charge on any atom is 0.241 e. The van der Waals surface area contributed by atoms with Crippen LogP contribution >= 0.6 is 0 Å². The number of amides is 1. The number of likely N-dealkylation sites (tertiary alicyclic amines) is 1. The Kier molecular flexibility index (Phi) is 7.76. The molecule has 2 fully saturated rings. The number of hydrogen-bond acceptors (Lipinski definition) is 5. The summed E-state index contributed by atoms with van der Waals surface area (Å²) in [6.07, 6.45) is 4.32. The van der Waals surface area contributed by atoms with Crippen molar-refractivity contribution in [1.82, 2.24) is 14.8 Å². The van der Waals surface area contributed by atoms with Crippen molar-refractivity contribution in [2.45, 2.75) is 26.7 Å². The minimum absolute atomic E-state index is 0.214. The van der Waals surface area contributed by atoms with Crippen molar-refractivity contribution in [2.24, 2.45) is 5.92 Å². The fourth-order valence-electron chi connectivity index (χ4n) is 5.13. The van der Waals surface area contributed by atoms with Gasteiger partial charge in [-0.05, 0) is 62.9 Å². The Morgan fingerprint density at radius 3 is 2.53 bits per heavy atom. The van der Waals surface area contributed by atoms with Crippen LogP contribution in [0.15, 0.2) is 48.7 Å². The Bertz CT molecular complexity index is 866. The summed E-state index contributed by atoms with van der Waals surface area (Å²) in [7, 11) is 0. The second-order valence-electron chi connectivity index (χ2n) is 9.14. The highest BCUT2D eigenvalue weighted by Crippen LogP contribution is 2.22. The standard InChI is InChI=1S/C26H37N5O/c1-3-31(24-11-5-4-9-22(24)2)26(32)21-29-14-8-10-23(20-29)19-28-15-17-30(18-16-28)25-12-6-7-13-27-25/h4-7,9,11-13,23H,3,8,10,14-21H2,1-2H3. The van der Waals surface area contributed by atoms with Crippen LogP contribution in [0.3, 0.4) is 0 Å². The highest BCUT2D eigenvalue weighted by molar-refractivity contribution is 5.95. The van der Waals surface area contributed by atoms with Gasteiger partial charge in [0.1, 0.15) is 5.82 Å². The summed E-state index contributed by atoms with van der Waals surface area (Å²) in [6.45, 7) is 12.8. The van der Waals surface area contributed by atoms with Crippen LogP contribution in [-0.2, 0) is 4.79 Å². The molecule has 6 heteroatoms. The van der Waals surface area contributed by atoms with Gasteiger partial charge in [-0.1, -0.05) is 24.3 Å². The zero-order chi connectivity index (χ0) is 22.3. The normalized spacial score (nSPS) is 20.3. The number of carbonyl (C=O) groups excluding carboxylic acids is 1. The monoisotopic (exact) mass is 435 g/mol. The van der Waals surface area contributed by atoms with Gasteiger partial charge in [-0.25, -0.2) is 4.98 Å². The Morgan fingerprint density at radius 1 is 1.03 bits per heavy atom. The van der Waals surface area contributed by atoms with E-state index in [0.29, 0.717) is 19.0 Å². The predicted molar refractivity (Wildman–Crippen MR) is 131 cm³/mol. The van der Waals surface area contributed by atoms with E-state index in [1.54, 1.807) is 0 Å². The highest BCUT2D eigenvalue weighted by Gasteiger charge is 2.27. The molecule has 4 rings (SSSR count). The molecule has 1 aromatic heterocycles. The first-order valence-electron chi connectivity index (χ1n) is 12.1. The number of para-hydroxylation sites is 1. The molecular formula is C26H37N5O. The van der Waals surface area contributed by atoms with Crippen molar-refractivity contribution in [2.75, 3.05) is 68.7 Å². The van der Waals surface area contributed by atoms with Gasteiger partial charge in [0.15, 0.2) is 0 Å². The predicted octanol–water partition coefficient (Wildman–Crippen LogP) is 3.28. The number of piperazine rings is 1. The van der Waals surface area contributed by atoms with Gasteiger partial charge in [-0.2, -0.15) is 0 Å². The van der Waals surface area contributed by atoms with Crippen LogP contribution in [0.2, 0.25) is 0 Å². The maximum atomic E-state index is 13.1. The largest absolute Gasteiger partial charge is 0.354 e. The molecule has 172 valence electrons. The Balaban J connectivity index is 1.26. The number of benzene rings is 1. The van der Waals surface area contributed by atoms with Crippen molar-refractivity contribution in [1.29, 1.82) is 0 Å². The molecule has 2 aromatic rings. The van der Waals surface area contributed by atoms with Crippen molar-refractivity contribution in [3.8, 4) is 0 Å². The number of aryl methyl sites for hydroxylation is 1. The average Bonchev–Trinajstić information content (AvgIpc) is 2.82. The lowest BCUT2D eigenvalue weighted by Crippen LogP contribution is -2.50. The van der Waals surface area contributed by atoms with Crippen LogP contribution in [0, 0.1) is 12.8 Å². The molecule has 0 bridgehead atoms. The number of aromatic nitrogens is 1. The van der Waals surface area contributed by atoms with E-state index in [9.17, 15) is 4.79 Å². The van der Waals surface area contributed by atoms with Gasteiger partial charge in [-0.15, -0.1) is 0 Å². The zero-order valence-electron chi connectivity index (χ0n) is 19.6. The first-order chi connectivity index (χ1) is 15.6. The van der Waals surface area contributed by atoms with Gasteiger partial charge < -0.3 is 9.80 Å². The number of carbonyl (C=O) groups is 1. The van der Waals surface area contributed by atoms with Crippen molar-refractivity contribution >= 4 is 17.4 Å². The summed E-state index contributed by atoms with van der Waals surface area (Å²) in [5.74, 6) is 1.95. The Morgan fingerprint density at radius 2 is 1.81 bits per heavy atom. The third kappa shape index (κ3) is 5.67. The summed E-state index contributed by atoms with van der Waals surface area (Å²) in [6, 6.07) is 14.3. The zero-order valence-corrected chi connectivity index (χ0v) is 19.6. The summed E-state index contributed by atoms with van der Waals surface area (Å²) in [5.41, 5.74) is 2.20. The van der Waals surface area contributed by atoms with E-state index < -0.39 is 0 Å². The summed E-state index contributed by atoms with van der Waals surface area (Å²) < 4.78 is 0. The summed E-state index contributed by atoms with van der Waals surface area (Å²) in [4.78, 5) is 26.9. The molecule has 32 heavy (non-hydrogen) atoms. The van der Waals surface area contributed by atoms with Crippen LogP contribution in [0.1, 0.15) is 25.3 Å². The molecule has 2 aliphatic heterocycles. The first kappa shape index (κ1) is 22.7. The average molecular weight is 436 g/mol. The Hall–Kier alpha value is -2.44. The molecule has 0 saturated carbocycles. The molecule has 6 nitrogen and oxygen atoms in total. The maximum absolute atomic E-state index is 13.1. The number of nitrogens with zero attached hydrogens (tertiary/aromatic N) is 5. The second-order valence-corrected chi connectivity index (χ2v) is 9.14. The third-order valence-corrected chi connectivity index (χ3v) is 6.85. The quantitative estimate of drug-likeness (QED) is 0.668. The fourth-order valence-corrected chi connectivity index (χ4v) is 5.13. The number of likely N-dealkylation sites (N-methyl/N-ethyl adjacent to an activating group) is 1. The molecule has 2 aliphatic rings. The Labute approximate surface area is 192 Å². The summed E-state index contributed by atoms with van der Waals surface area (Å²) in [5, 5.41) is 0. The number of rotatable bonds is 7. The van der Waals surface area contributed by atoms with E-state index in [4.69, 9.17) is 0 Å². The van der Waals surface area contributed by atoms with E-state index in [2.05, 4.69) is 57.8 Å². The number of anilines is 2. The number of pyridine rings is 1. The first-order valence-corrected chi connectivity index (χ1v) is 12.1. The molecule has 2 saturated heterocycles. The molecule has 0 radical (unpaired) electrons. The third-order valence-electron chi connectivity index (χ3n) is 6.85. The van der Waals surface area contributed by atoms with Crippen LogP contribution in [-0.4, -0.2) is 79.6 Å². The van der Waals surface area contributed by atoms with Gasteiger partial charge in [0.25, 0.3) is 0 Å². The van der Waals surface area contributed by atoms with Crippen molar-refractivity contribution < 1.29 is 4.79 Å². The smallest absolute Gasteiger partial charge is 0.241 e. The molecule has 0 aliphatic carbocycles. The second kappa shape index (κ2) is 10.9. The van der Waals surface area contributed by atoms with Gasteiger partial charge in [0.2, 0.25) is 5.91 Å². The lowest BCUT2D eigenvalue weighted by atomic mass is 9.97. The van der Waals surface area contributed by atoms with Crippen LogP contribution in [0.5, 0.6) is 0 Å².